The summed E-state index contributed by atoms with van der Waals surface area (Å²) in [6, 6.07) is 8.05. The summed E-state index contributed by atoms with van der Waals surface area (Å²) in [6.45, 7) is 9.80. The number of amides is 1. The molecule has 1 N–H and O–H groups in total. The van der Waals surface area contributed by atoms with Crippen molar-refractivity contribution in [1.82, 2.24) is 9.80 Å². The second-order valence-electron chi connectivity index (χ2n) is 8.64. The van der Waals surface area contributed by atoms with Crippen molar-refractivity contribution in [2.45, 2.75) is 51.9 Å². The van der Waals surface area contributed by atoms with E-state index >= 15 is 0 Å². The standard InChI is InChI=1S/C21H32N2O4/c1-21(2,3)27-20(25)23-10-9-22-12-17(7-8-18(22)13-23)15-26-19-6-4-5-16(11-19)14-24/h4-6,11,17-18,24H,7-10,12-15H2,1-3H3/t17-,18-/m0/s1. The van der Waals surface area contributed by atoms with Crippen LogP contribution >= 0.6 is 0 Å². The van der Waals surface area contributed by atoms with E-state index in [-0.39, 0.29) is 12.7 Å². The van der Waals surface area contributed by atoms with Crippen LogP contribution in [0.3, 0.4) is 0 Å². The Bertz CT molecular complexity index is 643. The number of rotatable bonds is 4. The zero-order valence-electron chi connectivity index (χ0n) is 16.7. The van der Waals surface area contributed by atoms with Crippen LogP contribution in [0.15, 0.2) is 24.3 Å². The number of piperidine rings is 1. The summed E-state index contributed by atoms with van der Waals surface area (Å²) in [5, 5.41) is 9.23. The molecule has 27 heavy (non-hydrogen) atoms. The summed E-state index contributed by atoms with van der Waals surface area (Å²) in [7, 11) is 0. The number of fused-ring (bicyclic) bond motifs is 1. The van der Waals surface area contributed by atoms with Gasteiger partial charge in [-0.05, 0) is 51.3 Å². The van der Waals surface area contributed by atoms with Crippen LogP contribution in [0.25, 0.3) is 0 Å². The number of piperazine rings is 1. The molecule has 2 heterocycles. The lowest BCUT2D eigenvalue weighted by molar-refractivity contribution is -0.0122. The number of ether oxygens (including phenoxy) is 2. The fourth-order valence-corrected chi connectivity index (χ4v) is 3.83. The van der Waals surface area contributed by atoms with Crippen LogP contribution in [0.1, 0.15) is 39.2 Å². The Kier molecular flexibility index (Phi) is 6.27. The van der Waals surface area contributed by atoms with Gasteiger partial charge in [0.25, 0.3) is 0 Å². The molecule has 3 rings (SSSR count). The molecule has 1 amide bonds. The molecule has 1 aromatic carbocycles. The highest BCUT2D eigenvalue weighted by atomic mass is 16.6. The van der Waals surface area contributed by atoms with Crippen molar-refractivity contribution in [3.8, 4) is 5.75 Å². The van der Waals surface area contributed by atoms with Crippen molar-refractivity contribution in [2.75, 3.05) is 32.8 Å². The van der Waals surface area contributed by atoms with Crippen molar-refractivity contribution in [1.29, 1.82) is 0 Å². The third-order valence-corrected chi connectivity index (χ3v) is 5.22. The van der Waals surface area contributed by atoms with Gasteiger partial charge in [0.1, 0.15) is 11.4 Å². The summed E-state index contributed by atoms with van der Waals surface area (Å²) in [5.41, 5.74) is 0.422. The zero-order valence-corrected chi connectivity index (χ0v) is 16.7. The summed E-state index contributed by atoms with van der Waals surface area (Å²) in [4.78, 5) is 16.7. The number of aliphatic hydroxyl groups excluding tert-OH is 1. The minimum absolute atomic E-state index is 0.0320. The number of aliphatic hydroxyl groups is 1. The van der Waals surface area contributed by atoms with E-state index in [0.717, 1.165) is 50.3 Å². The molecule has 2 atom stereocenters. The molecule has 0 unspecified atom stereocenters. The number of nitrogens with zero attached hydrogens (tertiary/aromatic N) is 2. The maximum Gasteiger partial charge on any atom is 0.410 e. The van der Waals surface area contributed by atoms with Crippen molar-refractivity contribution in [2.24, 2.45) is 5.92 Å². The van der Waals surface area contributed by atoms with Crippen molar-refractivity contribution in [3.63, 3.8) is 0 Å². The van der Waals surface area contributed by atoms with Crippen LogP contribution in [-0.2, 0) is 11.3 Å². The minimum atomic E-state index is -0.448. The number of benzene rings is 1. The van der Waals surface area contributed by atoms with E-state index in [9.17, 15) is 9.90 Å². The Morgan fingerprint density at radius 1 is 1.22 bits per heavy atom. The fourth-order valence-electron chi connectivity index (χ4n) is 3.83. The highest BCUT2D eigenvalue weighted by molar-refractivity contribution is 5.68. The summed E-state index contributed by atoms with van der Waals surface area (Å²) in [5.74, 6) is 1.31. The van der Waals surface area contributed by atoms with Crippen LogP contribution in [0.4, 0.5) is 4.79 Å². The van der Waals surface area contributed by atoms with E-state index < -0.39 is 5.60 Å². The molecule has 6 nitrogen and oxygen atoms in total. The summed E-state index contributed by atoms with van der Waals surface area (Å²) in [6.07, 6.45) is 1.98. The summed E-state index contributed by atoms with van der Waals surface area (Å²) >= 11 is 0. The van der Waals surface area contributed by atoms with Crippen LogP contribution in [0.5, 0.6) is 5.75 Å². The molecule has 0 radical (unpaired) electrons. The van der Waals surface area contributed by atoms with E-state index in [2.05, 4.69) is 4.90 Å². The SMILES string of the molecule is CC(C)(C)OC(=O)N1CCN2C[C@@H](COc3cccc(CO)c3)CC[C@H]2C1. The number of hydrogen-bond donors (Lipinski definition) is 1. The molecule has 0 aliphatic carbocycles. The lowest BCUT2D eigenvalue weighted by atomic mass is 9.91. The number of carbonyl (C=O) groups excluding carboxylic acids is 1. The van der Waals surface area contributed by atoms with Gasteiger partial charge in [-0.25, -0.2) is 4.79 Å². The van der Waals surface area contributed by atoms with Crippen molar-refractivity contribution >= 4 is 6.09 Å². The van der Waals surface area contributed by atoms with E-state index in [4.69, 9.17) is 9.47 Å². The Morgan fingerprint density at radius 2 is 2.04 bits per heavy atom. The first-order valence-corrected chi connectivity index (χ1v) is 9.88. The monoisotopic (exact) mass is 376 g/mol. The molecule has 0 aromatic heterocycles. The highest BCUT2D eigenvalue weighted by Gasteiger charge is 2.35. The van der Waals surface area contributed by atoms with E-state index in [0.29, 0.717) is 18.6 Å². The Balaban J connectivity index is 1.47. The van der Waals surface area contributed by atoms with Gasteiger partial charge in [0.2, 0.25) is 0 Å². The van der Waals surface area contributed by atoms with Gasteiger partial charge in [-0.15, -0.1) is 0 Å². The smallest absolute Gasteiger partial charge is 0.410 e. The number of carbonyl (C=O) groups is 1. The Hall–Kier alpha value is -1.79. The van der Waals surface area contributed by atoms with Crippen molar-refractivity contribution in [3.05, 3.63) is 29.8 Å². The fraction of sp³-hybridized carbons (Fsp3) is 0.667. The molecule has 2 aliphatic heterocycles. The van der Waals surface area contributed by atoms with Gasteiger partial charge in [0, 0.05) is 38.1 Å². The zero-order chi connectivity index (χ0) is 19.4. The maximum atomic E-state index is 12.3. The normalized spacial score (nSPS) is 23.6. The van der Waals surface area contributed by atoms with E-state index in [1.54, 1.807) is 0 Å². The van der Waals surface area contributed by atoms with Crippen LogP contribution in [-0.4, -0.2) is 65.4 Å². The predicted molar refractivity (Wildman–Crippen MR) is 104 cm³/mol. The molecule has 2 aliphatic rings. The maximum absolute atomic E-state index is 12.3. The lowest BCUT2D eigenvalue weighted by Gasteiger charge is -2.46. The minimum Gasteiger partial charge on any atom is -0.493 e. The Morgan fingerprint density at radius 3 is 2.78 bits per heavy atom. The molecule has 1 aromatic rings. The van der Waals surface area contributed by atoms with Crippen LogP contribution in [0.2, 0.25) is 0 Å². The molecular formula is C21H32N2O4. The Labute approximate surface area is 162 Å². The first-order valence-electron chi connectivity index (χ1n) is 9.88. The molecule has 2 saturated heterocycles. The van der Waals surface area contributed by atoms with E-state index in [1.807, 2.05) is 49.9 Å². The molecule has 0 bridgehead atoms. The molecule has 6 heteroatoms. The predicted octanol–water partition coefficient (Wildman–Crippen LogP) is 2.89. The summed E-state index contributed by atoms with van der Waals surface area (Å²) < 4.78 is 11.5. The topological polar surface area (TPSA) is 62.2 Å². The molecule has 0 spiro atoms. The van der Waals surface area contributed by atoms with Gasteiger partial charge in [-0.3, -0.25) is 4.90 Å². The average Bonchev–Trinajstić information content (AvgIpc) is 2.64. The molecule has 0 saturated carbocycles. The second-order valence-corrected chi connectivity index (χ2v) is 8.64. The first kappa shape index (κ1) is 20.0. The van der Waals surface area contributed by atoms with Gasteiger partial charge in [-0.1, -0.05) is 12.1 Å². The third-order valence-electron chi connectivity index (χ3n) is 5.22. The molecule has 150 valence electrons. The van der Waals surface area contributed by atoms with Gasteiger partial charge >= 0.3 is 6.09 Å². The second kappa shape index (κ2) is 8.48. The first-order chi connectivity index (χ1) is 12.8. The quantitative estimate of drug-likeness (QED) is 0.875. The average molecular weight is 376 g/mol. The van der Waals surface area contributed by atoms with Crippen molar-refractivity contribution < 1.29 is 19.4 Å². The molecular weight excluding hydrogens is 344 g/mol. The van der Waals surface area contributed by atoms with Gasteiger partial charge in [0.05, 0.1) is 13.2 Å². The van der Waals surface area contributed by atoms with E-state index in [1.165, 1.54) is 0 Å². The number of hydrogen-bond acceptors (Lipinski definition) is 5. The highest BCUT2D eigenvalue weighted by Crippen LogP contribution is 2.27. The van der Waals surface area contributed by atoms with Crippen LogP contribution in [0, 0.1) is 5.92 Å². The third kappa shape index (κ3) is 5.59. The van der Waals surface area contributed by atoms with Gasteiger partial charge in [0.15, 0.2) is 0 Å². The van der Waals surface area contributed by atoms with Crippen LogP contribution < -0.4 is 4.74 Å². The van der Waals surface area contributed by atoms with Gasteiger partial charge < -0.3 is 19.5 Å². The largest absolute Gasteiger partial charge is 0.493 e. The lowest BCUT2D eigenvalue weighted by Crippen LogP contribution is -2.58. The van der Waals surface area contributed by atoms with Gasteiger partial charge in [-0.2, -0.15) is 0 Å². The molecule has 2 fully saturated rings.